The van der Waals surface area contributed by atoms with E-state index in [-0.39, 0.29) is 11.8 Å². The Bertz CT molecular complexity index is 1150. The van der Waals surface area contributed by atoms with Gasteiger partial charge in [0.2, 0.25) is 11.8 Å². The lowest BCUT2D eigenvalue weighted by Gasteiger charge is -2.28. The molecule has 8 heteroatoms. The molecule has 1 fully saturated rings. The van der Waals surface area contributed by atoms with Crippen molar-refractivity contribution in [1.29, 1.82) is 0 Å². The van der Waals surface area contributed by atoms with E-state index in [9.17, 15) is 4.79 Å². The molecule has 5 rings (SSSR count). The molecule has 33 heavy (non-hydrogen) atoms. The van der Waals surface area contributed by atoms with E-state index in [0.29, 0.717) is 11.9 Å². The van der Waals surface area contributed by atoms with Crippen molar-refractivity contribution in [1.82, 2.24) is 15.3 Å². The molecule has 3 aromatic rings. The van der Waals surface area contributed by atoms with Crippen molar-refractivity contribution in [3.8, 4) is 5.88 Å². The molecule has 0 unspecified atom stereocenters. The van der Waals surface area contributed by atoms with E-state index in [1.165, 1.54) is 4.90 Å². The summed E-state index contributed by atoms with van der Waals surface area (Å²) in [4.78, 5) is 23.5. The molecule has 0 atom stereocenters. The number of benzene rings is 1. The number of aromatic nitrogens is 2. The Labute approximate surface area is 198 Å². The van der Waals surface area contributed by atoms with Gasteiger partial charge in [-0.15, -0.1) is 11.8 Å². The number of carbonyl (C=O) groups is 1. The Kier molecular flexibility index (Phi) is 6.64. The normalized spacial score (nSPS) is 20.0. The fourth-order valence-electron chi connectivity index (χ4n) is 4.55. The topological polar surface area (TPSA) is 88.2 Å². The summed E-state index contributed by atoms with van der Waals surface area (Å²) >= 11 is 1.86. The maximum absolute atomic E-state index is 13.0. The van der Waals surface area contributed by atoms with Crippen molar-refractivity contribution in [2.45, 2.75) is 43.2 Å². The van der Waals surface area contributed by atoms with Crippen LogP contribution in [0.2, 0.25) is 0 Å². The quantitative estimate of drug-likeness (QED) is 0.498. The van der Waals surface area contributed by atoms with Gasteiger partial charge in [-0.2, -0.15) is 0 Å². The summed E-state index contributed by atoms with van der Waals surface area (Å²) < 4.78 is 5.25. The van der Waals surface area contributed by atoms with Gasteiger partial charge in [-0.25, -0.2) is 9.97 Å². The highest BCUT2D eigenvalue weighted by atomic mass is 32.2. The molecular formula is C25H29N5O2S. The van der Waals surface area contributed by atoms with Crippen LogP contribution in [0.4, 0.5) is 11.5 Å². The van der Waals surface area contributed by atoms with Gasteiger partial charge < -0.3 is 20.7 Å². The first-order valence-electron chi connectivity index (χ1n) is 11.5. The summed E-state index contributed by atoms with van der Waals surface area (Å²) in [5, 5.41) is 11.1. The predicted octanol–water partition coefficient (Wildman–Crippen LogP) is 4.44. The zero-order valence-electron chi connectivity index (χ0n) is 18.8. The molecule has 1 aromatic carbocycles. The molecular weight excluding hydrogens is 434 g/mol. The lowest BCUT2D eigenvalue weighted by Crippen LogP contribution is -2.36. The second-order valence-electron chi connectivity index (χ2n) is 8.57. The summed E-state index contributed by atoms with van der Waals surface area (Å²) in [6.45, 7) is 1.72. The molecule has 0 radical (unpaired) electrons. The van der Waals surface area contributed by atoms with Crippen LogP contribution in [0.1, 0.15) is 31.4 Å². The highest BCUT2D eigenvalue weighted by molar-refractivity contribution is 7.99. The van der Waals surface area contributed by atoms with Crippen LogP contribution >= 0.6 is 11.8 Å². The Balaban J connectivity index is 1.14. The van der Waals surface area contributed by atoms with Crippen molar-refractivity contribution >= 4 is 40.1 Å². The van der Waals surface area contributed by atoms with Gasteiger partial charge in [-0.05, 0) is 49.9 Å². The number of hydrogen-bond donors (Lipinski definition) is 3. The SMILES string of the molecule is COc1ccc2cccc(NC(=O)C3CCC(NCc4ccc5c(n4)NCCS5)CC3)c2n1. The summed E-state index contributed by atoms with van der Waals surface area (Å²) in [7, 11) is 1.60. The molecule has 0 saturated heterocycles. The van der Waals surface area contributed by atoms with Crippen LogP contribution < -0.4 is 20.7 Å². The van der Waals surface area contributed by atoms with Crippen LogP contribution in [0.25, 0.3) is 10.9 Å². The Morgan fingerprint density at radius 3 is 2.85 bits per heavy atom. The standard InChI is InChI=1S/C25H29N5O2S/c1-32-22-12-7-16-3-2-4-20(23(16)30-22)29-25(31)17-5-8-18(9-6-17)27-15-19-10-11-21-24(28-19)26-13-14-33-21/h2-4,7,10-12,17-18,27H,5-6,8-9,13-15H2,1H3,(H,26,28)(H,29,31). The summed E-state index contributed by atoms with van der Waals surface area (Å²) in [6, 6.07) is 14.3. The molecule has 0 bridgehead atoms. The molecule has 3 N–H and O–H groups in total. The van der Waals surface area contributed by atoms with Crippen LogP contribution in [0.3, 0.4) is 0 Å². The molecule has 1 saturated carbocycles. The molecule has 2 aliphatic rings. The number of hydrogen-bond acceptors (Lipinski definition) is 7. The summed E-state index contributed by atoms with van der Waals surface area (Å²) in [5.41, 5.74) is 2.55. The van der Waals surface area contributed by atoms with Gasteiger partial charge >= 0.3 is 0 Å². The molecule has 172 valence electrons. The van der Waals surface area contributed by atoms with Gasteiger partial charge in [-0.3, -0.25) is 4.79 Å². The van der Waals surface area contributed by atoms with E-state index >= 15 is 0 Å². The number of fused-ring (bicyclic) bond motifs is 2. The number of carbonyl (C=O) groups excluding carboxylic acids is 1. The van der Waals surface area contributed by atoms with E-state index in [2.05, 4.69) is 33.1 Å². The maximum Gasteiger partial charge on any atom is 0.227 e. The lowest BCUT2D eigenvalue weighted by atomic mass is 9.85. The van der Waals surface area contributed by atoms with Crippen molar-refractivity contribution < 1.29 is 9.53 Å². The van der Waals surface area contributed by atoms with Crippen LogP contribution in [-0.2, 0) is 11.3 Å². The van der Waals surface area contributed by atoms with Gasteiger partial charge in [0.25, 0.3) is 0 Å². The molecule has 3 heterocycles. The smallest absolute Gasteiger partial charge is 0.227 e. The minimum absolute atomic E-state index is 0.0204. The first-order valence-corrected chi connectivity index (χ1v) is 12.5. The third kappa shape index (κ3) is 5.07. The number of thioether (sulfide) groups is 1. The first-order chi connectivity index (χ1) is 16.2. The number of methoxy groups -OCH3 is 1. The van der Waals surface area contributed by atoms with E-state index in [4.69, 9.17) is 9.72 Å². The second kappa shape index (κ2) is 9.97. The van der Waals surface area contributed by atoms with E-state index in [0.717, 1.165) is 72.6 Å². The Morgan fingerprint density at radius 1 is 1.12 bits per heavy atom. The molecule has 1 aliphatic carbocycles. The summed E-state index contributed by atoms with van der Waals surface area (Å²) in [5.74, 6) is 2.73. The van der Waals surface area contributed by atoms with Gasteiger partial charge in [0.05, 0.1) is 24.0 Å². The van der Waals surface area contributed by atoms with Crippen molar-refractivity contribution in [3.63, 3.8) is 0 Å². The number of anilines is 2. The first kappa shape index (κ1) is 22.0. The van der Waals surface area contributed by atoms with E-state index in [1.54, 1.807) is 7.11 Å². The minimum Gasteiger partial charge on any atom is -0.481 e. The predicted molar refractivity (Wildman–Crippen MR) is 133 cm³/mol. The van der Waals surface area contributed by atoms with Crippen molar-refractivity contribution in [2.24, 2.45) is 5.92 Å². The van der Waals surface area contributed by atoms with Crippen LogP contribution in [0.15, 0.2) is 47.4 Å². The highest BCUT2D eigenvalue weighted by Gasteiger charge is 2.26. The number of ether oxygens (including phenoxy) is 1. The Morgan fingerprint density at radius 2 is 2.00 bits per heavy atom. The number of nitrogens with zero attached hydrogens (tertiary/aromatic N) is 2. The van der Waals surface area contributed by atoms with Crippen molar-refractivity contribution in [2.75, 3.05) is 30.0 Å². The van der Waals surface area contributed by atoms with Gasteiger partial charge in [-0.1, -0.05) is 12.1 Å². The average Bonchev–Trinajstić information content (AvgIpc) is 2.87. The fourth-order valence-corrected chi connectivity index (χ4v) is 5.39. The highest BCUT2D eigenvalue weighted by Crippen LogP contribution is 2.30. The van der Waals surface area contributed by atoms with Crippen LogP contribution in [0, 0.1) is 5.92 Å². The van der Waals surface area contributed by atoms with Crippen molar-refractivity contribution in [3.05, 3.63) is 48.2 Å². The zero-order valence-corrected chi connectivity index (χ0v) is 19.6. The largest absolute Gasteiger partial charge is 0.481 e. The van der Waals surface area contributed by atoms with Gasteiger partial charge in [0.15, 0.2) is 0 Å². The number of pyridine rings is 2. The number of rotatable bonds is 6. The lowest BCUT2D eigenvalue weighted by molar-refractivity contribution is -0.120. The zero-order chi connectivity index (χ0) is 22.6. The summed E-state index contributed by atoms with van der Waals surface area (Å²) in [6.07, 6.45) is 3.72. The second-order valence-corrected chi connectivity index (χ2v) is 9.71. The molecule has 1 aliphatic heterocycles. The maximum atomic E-state index is 13.0. The fraction of sp³-hybridized carbons (Fsp3) is 0.400. The third-order valence-electron chi connectivity index (χ3n) is 6.40. The number of amides is 1. The van der Waals surface area contributed by atoms with Crippen LogP contribution in [0.5, 0.6) is 5.88 Å². The monoisotopic (exact) mass is 463 g/mol. The minimum atomic E-state index is 0.0204. The Hall–Kier alpha value is -2.84. The number of nitrogens with one attached hydrogen (secondary N) is 3. The molecule has 0 spiro atoms. The average molecular weight is 464 g/mol. The van der Waals surface area contributed by atoms with Crippen LogP contribution in [-0.4, -0.2) is 41.3 Å². The molecule has 1 amide bonds. The van der Waals surface area contributed by atoms with Gasteiger partial charge in [0.1, 0.15) is 5.82 Å². The molecule has 2 aromatic heterocycles. The van der Waals surface area contributed by atoms with E-state index in [1.807, 2.05) is 42.1 Å². The molecule has 7 nitrogen and oxygen atoms in total. The van der Waals surface area contributed by atoms with Gasteiger partial charge in [0, 0.05) is 47.2 Å². The number of para-hydroxylation sites is 1. The third-order valence-corrected chi connectivity index (χ3v) is 7.45. The van der Waals surface area contributed by atoms with E-state index < -0.39 is 0 Å².